The van der Waals surface area contributed by atoms with Gasteiger partial charge in [0.1, 0.15) is 35.5 Å². The number of para-hydroxylation sites is 1. The minimum atomic E-state index is -0.429. The van der Waals surface area contributed by atoms with Crippen molar-refractivity contribution in [2.24, 2.45) is 0 Å². The number of furan rings is 1. The first kappa shape index (κ1) is 18.7. The van der Waals surface area contributed by atoms with Gasteiger partial charge in [-0.15, -0.1) is 0 Å². The van der Waals surface area contributed by atoms with Crippen molar-refractivity contribution >= 4 is 12.0 Å². The van der Waals surface area contributed by atoms with E-state index in [1.807, 2.05) is 37.3 Å². The highest BCUT2D eigenvalue weighted by Crippen LogP contribution is 2.19. The molecule has 2 aromatic rings. The van der Waals surface area contributed by atoms with E-state index < -0.39 is 5.91 Å². The van der Waals surface area contributed by atoms with Crippen LogP contribution in [-0.4, -0.2) is 25.2 Å². The lowest BCUT2D eigenvalue weighted by Gasteiger charge is -2.09. The Hall–Kier alpha value is -3.04. The maximum atomic E-state index is 12.2. The average Bonchev–Trinajstić information content (AvgIpc) is 3.35. The molecule has 1 aliphatic heterocycles. The van der Waals surface area contributed by atoms with Gasteiger partial charge in [0.05, 0.1) is 6.10 Å². The van der Waals surface area contributed by atoms with Crippen molar-refractivity contribution in [3.05, 3.63) is 59.1 Å². The van der Waals surface area contributed by atoms with E-state index in [4.69, 9.17) is 13.9 Å². The summed E-state index contributed by atoms with van der Waals surface area (Å²) in [5, 5.41) is 12.0. The van der Waals surface area contributed by atoms with Crippen molar-refractivity contribution in [3.8, 4) is 11.8 Å². The second-order valence-corrected chi connectivity index (χ2v) is 6.37. The summed E-state index contributed by atoms with van der Waals surface area (Å²) in [6, 6.07) is 13.1. The Kier molecular flexibility index (Phi) is 6.29. The molecule has 0 radical (unpaired) electrons. The molecule has 6 nitrogen and oxygen atoms in total. The van der Waals surface area contributed by atoms with E-state index in [-0.39, 0.29) is 18.3 Å². The minimum Gasteiger partial charge on any atom is -0.485 e. The van der Waals surface area contributed by atoms with Gasteiger partial charge in [-0.3, -0.25) is 4.79 Å². The lowest BCUT2D eigenvalue weighted by molar-refractivity contribution is -0.117. The fourth-order valence-corrected chi connectivity index (χ4v) is 2.81. The molecule has 0 bridgehead atoms. The molecule has 1 N–H and O–H groups in total. The fraction of sp³-hybridized carbons (Fsp3) is 0.333. The van der Waals surface area contributed by atoms with Crippen LogP contribution < -0.4 is 10.1 Å². The number of nitrogens with one attached hydrogen (secondary N) is 1. The molecule has 140 valence electrons. The Bertz CT molecular complexity index is 857. The molecule has 1 aromatic carbocycles. The summed E-state index contributed by atoms with van der Waals surface area (Å²) in [6.07, 6.45) is 3.39. The van der Waals surface area contributed by atoms with Crippen molar-refractivity contribution in [1.29, 1.82) is 5.26 Å². The van der Waals surface area contributed by atoms with Crippen molar-refractivity contribution in [1.82, 2.24) is 5.32 Å². The van der Waals surface area contributed by atoms with Gasteiger partial charge in [-0.2, -0.15) is 5.26 Å². The third-order valence-corrected chi connectivity index (χ3v) is 4.31. The molecule has 1 amide bonds. The summed E-state index contributed by atoms with van der Waals surface area (Å²) < 4.78 is 16.8. The molecular formula is C21H22N2O4. The van der Waals surface area contributed by atoms with Crippen LogP contribution in [0.3, 0.4) is 0 Å². The average molecular weight is 366 g/mol. The van der Waals surface area contributed by atoms with E-state index in [1.165, 1.54) is 6.08 Å². The van der Waals surface area contributed by atoms with Gasteiger partial charge in [0.25, 0.3) is 5.91 Å². The van der Waals surface area contributed by atoms with Crippen LogP contribution in [-0.2, 0) is 16.1 Å². The summed E-state index contributed by atoms with van der Waals surface area (Å²) in [7, 11) is 0. The van der Waals surface area contributed by atoms with Crippen molar-refractivity contribution < 1.29 is 18.7 Å². The summed E-state index contributed by atoms with van der Waals surface area (Å²) in [6.45, 7) is 3.37. The lowest BCUT2D eigenvalue weighted by Crippen LogP contribution is -2.32. The number of rotatable bonds is 7. The maximum absolute atomic E-state index is 12.2. The molecule has 0 aliphatic carbocycles. The highest BCUT2D eigenvalue weighted by atomic mass is 16.5. The topological polar surface area (TPSA) is 84.5 Å². The van der Waals surface area contributed by atoms with Crippen LogP contribution in [0.2, 0.25) is 0 Å². The zero-order valence-corrected chi connectivity index (χ0v) is 15.2. The standard InChI is InChI=1S/C21H22N2O4/c1-15-5-2-3-7-20(15)26-14-19-9-8-17(27-19)11-16(12-22)21(24)23-13-18-6-4-10-25-18/h2-3,5,7-9,11,18H,4,6,10,13-14H2,1H3,(H,23,24)/b16-11-/t18-/m1/s1. The Morgan fingerprint density at radius 1 is 1.37 bits per heavy atom. The highest BCUT2D eigenvalue weighted by Gasteiger charge is 2.18. The molecular weight excluding hydrogens is 344 g/mol. The molecule has 27 heavy (non-hydrogen) atoms. The first-order valence-electron chi connectivity index (χ1n) is 8.94. The number of aryl methyl sites for hydroxylation is 1. The van der Waals surface area contributed by atoms with Crippen molar-refractivity contribution in [2.45, 2.75) is 32.5 Å². The molecule has 1 aromatic heterocycles. The number of nitriles is 1. The van der Waals surface area contributed by atoms with E-state index in [9.17, 15) is 10.1 Å². The maximum Gasteiger partial charge on any atom is 0.262 e. The summed E-state index contributed by atoms with van der Waals surface area (Å²) >= 11 is 0. The molecule has 1 atom stereocenters. The van der Waals surface area contributed by atoms with E-state index in [0.717, 1.165) is 30.8 Å². The quantitative estimate of drug-likeness (QED) is 0.600. The molecule has 6 heteroatoms. The van der Waals surface area contributed by atoms with Gasteiger partial charge in [0.2, 0.25) is 0 Å². The molecule has 1 aliphatic rings. The summed E-state index contributed by atoms with van der Waals surface area (Å²) in [5.74, 6) is 1.41. The molecule has 2 heterocycles. The Balaban J connectivity index is 1.57. The first-order chi connectivity index (χ1) is 13.2. The van der Waals surface area contributed by atoms with E-state index in [0.29, 0.717) is 18.1 Å². The largest absolute Gasteiger partial charge is 0.485 e. The number of ether oxygens (including phenoxy) is 2. The molecule has 0 unspecified atom stereocenters. The normalized spacial score (nSPS) is 16.7. The predicted octanol–water partition coefficient (Wildman–Crippen LogP) is 3.37. The van der Waals surface area contributed by atoms with Crippen LogP contribution in [0, 0.1) is 18.3 Å². The number of benzene rings is 1. The number of carbonyl (C=O) groups is 1. The van der Waals surface area contributed by atoms with Gasteiger partial charge < -0.3 is 19.2 Å². The summed E-state index contributed by atoms with van der Waals surface area (Å²) in [4.78, 5) is 12.2. The third-order valence-electron chi connectivity index (χ3n) is 4.31. The molecule has 3 rings (SSSR count). The van der Waals surface area contributed by atoms with Crippen LogP contribution in [0.1, 0.15) is 29.9 Å². The van der Waals surface area contributed by atoms with Crippen molar-refractivity contribution in [2.75, 3.05) is 13.2 Å². The van der Waals surface area contributed by atoms with E-state index >= 15 is 0 Å². The number of hydrogen-bond donors (Lipinski definition) is 1. The third kappa shape index (κ3) is 5.22. The number of amides is 1. The van der Waals surface area contributed by atoms with E-state index in [2.05, 4.69) is 5.32 Å². The molecule has 1 fully saturated rings. The number of nitrogens with zero attached hydrogens (tertiary/aromatic N) is 1. The SMILES string of the molecule is Cc1ccccc1OCc1ccc(/C=C(/C#N)C(=O)NC[C@H]2CCCO2)o1. The lowest BCUT2D eigenvalue weighted by atomic mass is 10.2. The number of carbonyl (C=O) groups excluding carboxylic acids is 1. The van der Waals surface area contributed by atoms with Crippen LogP contribution >= 0.6 is 0 Å². The van der Waals surface area contributed by atoms with Crippen LogP contribution in [0.5, 0.6) is 5.75 Å². The van der Waals surface area contributed by atoms with E-state index in [1.54, 1.807) is 12.1 Å². The van der Waals surface area contributed by atoms with Gasteiger partial charge in [-0.25, -0.2) is 0 Å². The highest BCUT2D eigenvalue weighted by molar-refractivity contribution is 6.01. The molecule has 1 saturated heterocycles. The summed E-state index contributed by atoms with van der Waals surface area (Å²) in [5.41, 5.74) is 1.03. The second kappa shape index (κ2) is 9.06. The zero-order valence-electron chi connectivity index (χ0n) is 15.2. The fourth-order valence-electron chi connectivity index (χ4n) is 2.81. The minimum absolute atomic E-state index is 0.00582. The van der Waals surface area contributed by atoms with Gasteiger partial charge in [-0.1, -0.05) is 18.2 Å². The predicted molar refractivity (Wildman–Crippen MR) is 99.8 cm³/mol. The second-order valence-electron chi connectivity index (χ2n) is 6.37. The van der Waals surface area contributed by atoms with Gasteiger partial charge >= 0.3 is 0 Å². The van der Waals surface area contributed by atoms with Crippen LogP contribution in [0.25, 0.3) is 6.08 Å². The monoisotopic (exact) mass is 366 g/mol. The Morgan fingerprint density at radius 3 is 2.96 bits per heavy atom. The Labute approximate surface area is 158 Å². The van der Waals surface area contributed by atoms with Gasteiger partial charge in [-0.05, 0) is 43.5 Å². The molecule has 0 spiro atoms. The van der Waals surface area contributed by atoms with Crippen LogP contribution in [0.15, 0.2) is 46.4 Å². The Morgan fingerprint density at radius 2 is 2.22 bits per heavy atom. The van der Waals surface area contributed by atoms with Gasteiger partial charge in [0, 0.05) is 19.2 Å². The molecule has 0 saturated carbocycles. The smallest absolute Gasteiger partial charge is 0.262 e. The van der Waals surface area contributed by atoms with Crippen molar-refractivity contribution in [3.63, 3.8) is 0 Å². The number of hydrogen-bond acceptors (Lipinski definition) is 5. The first-order valence-corrected chi connectivity index (χ1v) is 8.94. The zero-order chi connectivity index (χ0) is 19.1. The van der Waals surface area contributed by atoms with Crippen LogP contribution in [0.4, 0.5) is 0 Å². The van der Waals surface area contributed by atoms with Gasteiger partial charge in [0.15, 0.2) is 0 Å².